The van der Waals surface area contributed by atoms with Crippen molar-refractivity contribution >= 4 is 5.91 Å². The molecule has 0 unspecified atom stereocenters. The van der Waals surface area contributed by atoms with Crippen molar-refractivity contribution in [2.75, 3.05) is 26.9 Å². The largest absolute Gasteiger partial charge is 0.491 e. The Morgan fingerprint density at radius 3 is 2.52 bits per heavy atom. The molecule has 0 aliphatic heterocycles. The molecule has 0 fully saturated rings. The Balaban J connectivity index is 2.07. The highest BCUT2D eigenvalue weighted by molar-refractivity contribution is 5.93. The van der Waals surface area contributed by atoms with Gasteiger partial charge in [0, 0.05) is 19.2 Å². The Morgan fingerprint density at radius 1 is 1.24 bits per heavy atom. The van der Waals surface area contributed by atoms with Gasteiger partial charge < -0.3 is 20.5 Å². The van der Waals surface area contributed by atoms with Crippen molar-refractivity contribution in [3.63, 3.8) is 0 Å². The Hall–Kier alpha value is -2.45. The maximum atomic E-state index is 12.2. The standard InChI is InChI=1S/C17H25N5O3/c1-12-15(16(23)19-11-17(2,3)18)21-22(20-12)13-5-7-14(8-6-13)25-10-9-24-4/h5-8H,9-11,18H2,1-4H3,(H,19,23). The van der Waals surface area contributed by atoms with Gasteiger partial charge in [-0.15, -0.1) is 5.10 Å². The summed E-state index contributed by atoms with van der Waals surface area (Å²) in [5.74, 6) is 0.439. The van der Waals surface area contributed by atoms with Crippen molar-refractivity contribution in [2.45, 2.75) is 26.3 Å². The molecule has 0 aliphatic rings. The molecular formula is C17H25N5O3. The molecule has 136 valence electrons. The fourth-order valence-corrected chi connectivity index (χ4v) is 2.01. The van der Waals surface area contributed by atoms with Gasteiger partial charge in [-0.05, 0) is 45.0 Å². The van der Waals surface area contributed by atoms with Gasteiger partial charge in [0.1, 0.15) is 12.4 Å². The van der Waals surface area contributed by atoms with Crippen molar-refractivity contribution in [1.29, 1.82) is 0 Å². The van der Waals surface area contributed by atoms with Crippen LogP contribution < -0.4 is 15.8 Å². The van der Waals surface area contributed by atoms with Gasteiger partial charge in [-0.25, -0.2) is 0 Å². The molecule has 1 aromatic heterocycles. The van der Waals surface area contributed by atoms with Crippen LogP contribution in [-0.4, -0.2) is 53.3 Å². The fraction of sp³-hybridized carbons (Fsp3) is 0.471. The summed E-state index contributed by atoms with van der Waals surface area (Å²) < 4.78 is 10.5. The first-order valence-electron chi connectivity index (χ1n) is 8.03. The molecule has 1 heterocycles. The van der Waals surface area contributed by atoms with Crippen molar-refractivity contribution < 1.29 is 14.3 Å². The second kappa shape index (κ2) is 8.09. The van der Waals surface area contributed by atoms with Gasteiger partial charge in [0.05, 0.1) is 18.0 Å². The van der Waals surface area contributed by atoms with E-state index >= 15 is 0 Å². The minimum Gasteiger partial charge on any atom is -0.491 e. The molecule has 0 aliphatic carbocycles. The van der Waals surface area contributed by atoms with Crippen LogP contribution in [0, 0.1) is 6.92 Å². The minimum atomic E-state index is -0.488. The molecule has 8 heteroatoms. The first-order chi connectivity index (χ1) is 11.8. The van der Waals surface area contributed by atoms with Crippen molar-refractivity contribution in [3.8, 4) is 11.4 Å². The average Bonchev–Trinajstić information content (AvgIpc) is 2.95. The summed E-state index contributed by atoms with van der Waals surface area (Å²) in [4.78, 5) is 13.7. The fourth-order valence-electron chi connectivity index (χ4n) is 2.01. The van der Waals surface area contributed by atoms with E-state index in [1.807, 2.05) is 38.1 Å². The predicted molar refractivity (Wildman–Crippen MR) is 94.1 cm³/mol. The molecule has 2 aromatic rings. The van der Waals surface area contributed by atoms with Gasteiger partial charge in [0.15, 0.2) is 5.69 Å². The summed E-state index contributed by atoms with van der Waals surface area (Å²) in [6, 6.07) is 7.29. The number of carbonyl (C=O) groups is 1. The zero-order valence-electron chi connectivity index (χ0n) is 15.1. The number of aryl methyl sites for hydroxylation is 1. The first kappa shape index (κ1) is 18.9. The highest BCUT2D eigenvalue weighted by atomic mass is 16.5. The van der Waals surface area contributed by atoms with Gasteiger partial charge in [0.2, 0.25) is 0 Å². The monoisotopic (exact) mass is 347 g/mol. The lowest BCUT2D eigenvalue weighted by Gasteiger charge is -2.18. The number of benzene rings is 1. The topological polar surface area (TPSA) is 104 Å². The Labute approximate surface area is 147 Å². The first-order valence-corrected chi connectivity index (χ1v) is 8.03. The summed E-state index contributed by atoms with van der Waals surface area (Å²) in [6.07, 6.45) is 0. The zero-order chi connectivity index (χ0) is 18.4. The number of methoxy groups -OCH3 is 1. The molecule has 0 saturated heterocycles. The number of hydrogen-bond acceptors (Lipinski definition) is 6. The SMILES string of the molecule is COCCOc1ccc(-n2nc(C)c(C(=O)NCC(C)(C)N)n2)cc1. The van der Waals surface area contributed by atoms with Crippen LogP contribution in [0.25, 0.3) is 5.69 Å². The average molecular weight is 347 g/mol. The third-order valence-corrected chi connectivity index (χ3v) is 3.33. The molecule has 0 radical (unpaired) electrons. The third-order valence-electron chi connectivity index (χ3n) is 3.33. The summed E-state index contributed by atoms with van der Waals surface area (Å²) >= 11 is 0. The van der Waals surface area contributed by atoms with Crippen LogP contribution in [-0.2, 0) is 4.74 Å². The maximum Gasteiger partial charge on any atom is 0.273 e. The number of nitrogens with two attached hydrogens (primary N) is 1. The van der Waals surface area contributed by atoms with Gasteiger partial charge in [-0.2, -0.15) is 9.90 Å². The molecule has 1 aromatic carbocycles. The van der Waals surface area contributed by atoms with E-state index in [-0.39, 0.29) is 11.6 Å². The van der Waals surface area contributed by atoms with Crippen LogP contribution >= 0.6 is 0 Å². The van der Waals surface area contributed by atoms with E-state index in [9.17, 15) is 4.79 Å². The van der Waals surface area contributed by atoms with Crippen molar-refractivity contribution in [2.24, 2.45) is 5.73 Å². The van der Waals surface area contributed by atoms with E-state index in [1.54, 1.807) is 14.0 Å². The van der Waals surface area contributed by atoms with Crippen LogP contribution in [0.3, 0.4) is 0 Å². The maximum absolute atomic E-state index is 12.2. The van der Waals surface area contributed by atoms with Crippen LogP contribution in [0.4, 0.5) is 0 Å². The van der Waals surface area contributed by atoms with Crippen molar-refractivity contribution in [3.05, 3.63) is 35.7 Å². The Bertz CT molecular complexity index is 704. The van der Waals surface area contributed by atoms with Crippen LogP contribution in [0.1, 0.15) is 30.0 Å². The smallest absolute Gasteiger partial charge is 0.273 e. The lowest BCUT2D eigenvalue weighted by atomic mass is 10.1. The molecule has 0 bridgehead atoms. The van der Waals surface area contributed by atoms with Gasteiger partial charge in [-0.3, -0.25) is 4.79 Å². The van der Waals surface area contributed by atoms with E-state index < -0.39 is 5.54 Å². The number of ether oxygens (including phenoxy) is 2. The zero-order valence-corrected chi connectivity index (χ0v) is 15.1. The van der Waals surface area contributed by atoms with E-state index in [0.29, 0.717) is 25.5 Å². The quantitative estimate of drug-likeness (QED) is 0.692. The van der Waals surface area contributed by atoms with E-state index in [0.717, 1.165) is 11.4 Å². The van der Waals surface area contributed by atoms with Crippen LogP contribution in [0.5, 0.6) is 5.75 Å². The molecule has 0 saturated carbocycles. The highest BCUT2D eigenvalue weighted by Crippen LogP contribution is 2.15. The van der Waals surface area contributed by atoms with Crippen LogP contribution in [0.2, 0.25) is 0 Å². The lowest BCUT2D eigenvalue weighted by molar-refractivity contribution is 0.0940. The van der Waals surface area contributed by atoms with Crippen molar-refractivity contribution in [1.82, 2.24) is 20.3 Å². The van der Waals surface area contributed by atoms with Gasteiger partial charge in [0.25, 0.3) is 5.91 Å². The number of aromatic nitrogens is 3. The second-order valence-corrected chi connectivity index (χ2v) is 6.43. The van der Waals surface area contributed by atoms with Gasteiger partial charge >= 0.3 is 0 Å². The molecule has 0 spiro atoms. The molecule has 3 N–H and O–H groups in total. The third kappa shape index (κ3) is 5.54. The Morgan fingerprint density at radius 2 is 1.92 bits per heavy atom. The van der Waals surface area contributed by atoms with E-state index in [2.05, 4.69) is 15.5 Å². The highest BCUT2D eigenvalue weighted by Gasteiger charge is 2.19. The van der Waals surface area contributed by atoms with Crippen LogP contribution in [0.15, 0.2) is 24.3 Å². The number of rotatable bonds is 8. The number of nitrogens with one attached hydrogen (secondary N) is 1. The second-order valence-electron chi connectivity index (χ2n) is 6.43. The van der Waals surface area contributed by atoms with E-state index in [1.165, 1.54) is 4.80 Å². The molecule has 2 rings (SSSR count). The minimum absolute atomic E-state index is 0.282. The molecule has 8 nitrogen and oxygen atoms in total. The number of hydrogen-bond donors (Lipinski definition) is 2. The molecule has 0 atom stereocenters. The van der Waals surface area contributed by atoms with Gasteiger partial charge in [-0.1, -0.05) is 0 Å². The number of amides is 1. The summed E-state index contributed by atoms with van der Waals surface area (Å²) in [7, 11) is 1.63. The molecular weight excluding hydrogens is 322 g/mol. The van der Waals surface area contributed by atoms with E-state index in [4.69, 9.17) is 15.2 Å². The summed E-state index contributed by atoms with van der Waals surface area (Å²) in [5.41, 5.74) is 6.96. The normalized spacial score (nSPS) is 11.4. The predicted octanol–water partition coefficient (Wildman–Crippen LogP) is 1.07. The summed E-state index contributed by atoms with van der Waals surface area (Å²) in [5, 5.41) is 11.4. The number of carbonyl (C=O) groups excluding carboxylic acids is 1. The summed E-state index contributed by atoms with van der Waals surface area (Å²) in [6.45, 7) is 6.79. The molecule has 25 heavy (non-hydrogen) atoms. The lowest BCUT2D eigenvalue weighted by Crippen LogP contribution is -2.45. The number of nitrogens with zero attached hydrogens (tertiary/aromatic N) is 3. The Kier molecular flexibility index (Phi) is 6.11. The molecule has 1 amide bonds.